The van der Waals surface area contributed by atoms with Crippen LogP contribution < -0.4 is 4.74 Å². The van der Waals surface area contributed by atoms with Crippen LogP contribution in [0.15, 0.2) is 60.8 Å². The zero-order valence-corrected chi connectivity index (χ0v) is 14.9. The zero-order chi connectivity index (χ0) is 19.6. The maximum absolute atomic E-state index is 15.0. The summed E-state index contributed by atoms with van der Waals surface area (Å²) in [7, 11) is 1.45. The molecule has 0 fully saturated rings. The number of halogens is 3. The number of carboxylic acids is 1. The summed E-state index contributed by atoms with van der Waals surface area (Å²) in [5, 5.41) is 9.34. The first-order valence-electron chi connectivity index (χ1n) is 7.85. The van der Waals surface area contributed by atoms with Crippen LogP contribution >= 0.6 is 11.6 Å². The Labute approximate surface area is 159 Å². The highest BCUT2D eigenvalue weighted by Crippen LogP contribution is 2.40. The minimum Gasteiger partial charge on any atom is -0.496 e. The lowest BCUT2D eigenvalue weighted by molar-refractivity contribution is 0.0422. The number of rotatable bonds is 5. The molecule has 0 radical (unpaired) electrons. The number of ether oxygens (including phenoxy) is 1. The van der Waals surface area contributed by atoms with Crippen LogP contribution in [-0.2, 0) is 5.92 Å². The molecule has 3 aromatic rings. The van der Waals surface area contributed by atoms with E-state index in [1.807, 2.05) is 0 Å². The van der Waals surface area contributed by atoms with Crippen molar-refractivity contribution in [1.82, 2.24) is 4.98 Å². The molecule has 2 aromatic carbocycles. The molecule has 0 saturated carbocycles. The van der Waals surface area contributed by atoms with Crippen LogP contribution in [0.25, 0.3) is 11.1 Å². The zero-order valence-electron chi connectivity index (χ0n) is 14.1. The van der Waals surface area contributed by atoms with Crippen LogP contribution in [0, 0.1) is 0 Å². The summed E-state index contributed by atoms with van der Waals surface area (Å²) >= 11 is 6.01. The highest BCUT2D eigenvalue weighted by atomic mass is 35.5. The van der Waals surface area contributed by atoms with E-state index in [-0.39, 0.29) is 11.3 Å². The predicted octanol–water partition coefficient (Wildman–Crippen LogP) is 5.25. The van der Waals surface area contributed by atoms with E-state index >= 15 is 0 Å². The molecule has 0 spiro atoms. The van der Waals surface area contributed by atoms with Gasteiger partial charge in [-0.1, -0.05) is 23.7 Å². The lowest BCUT2D eigenvalue weighted by atomic mass is 9.96. The van der Waals surface area contributed by atoms with Gasteiger partial charge in [-0.15, -0.1) is 0 Å². The van der Waals surface area contributed by atoms with Crippen molar-refractivity contribution in [3.63, 3.8) is 0 Å². The van der Waals surface area contributed by atoms with Gasteiger partial charge in [0.05, 0.1) is 7.11 Å². The van der Waals surface area contributed by atoms with Crippen molar-refractivity contribution in [1.29, 1.82) is 0 Å². The van der Waals surface area contributed by atoms with Crippen LogP contribution in [0.5, 0.6) is 5.75 Å². The van der Waals surface area contributed by atoms with Crippen molar-refractivity contribution in [2.45, 2.75) is 5.92 Å². The molecule has 0 saturated heterocycles. The monoisotopic (exact) mass is 389 g/mol. The number of hydrogen-bond donors (Lipinski definition) is 1. The van der Waals surface area contributed by atoms with Gasteiger partial charge in [-0.25, -0.2) is 9.78 Å². The number of alkyl halides is 2. The van der Waals surface area contributed by atoms with Gasteiger partial charge in [-0.2, -0.15) is 8.78 Å². The van der Waals surface area contributed by atoms with Crippen molar-refractivity contribution in [2.75, 3.05) is 7.11 Å². The molecule has 0 bridgehead atoms. The predicted molar refractivity (Wildman–Crippen MR) is 97.6 cm³/mol. The summed E-state index contributed by atoms with van der Waals surface area (Å²) in [6.45, 7) is 0. The van der Waals surface area contributed by atoms with Crippen molar-refractivity contribution < 1.29 is 23.4 Å². The Morgan fingerprint density at radius 1 is 1.11 bits per heavy atom. The summed E-state index contributed by atoms with van der Waals surface area (Å²) < 4.78 is 35.2. The second-order valence-corrected chi connectivity index (χ2v) is 6.17. The Bertz CT molecular complexity index is 991. The molecule has 1 heterocycles. The van der Waals surface area contributed by atoms with Gasteiger partial charge < -0.3 is 9.84 Å². The number of aromatic nitrogens is 1. The van der Waals surface area contributed by atoms with Crippen molar-refractivity contribution >= 4 is 17.6 Å². The molecule has 1 N–H and O–H groups in total. The lowest BCUT2D eigenvalue weighted by Gasteiger charge is -2.19. The highest BCUT2D eigenvalue weighted by Gasteiger charge is 2.35. The second kappa shape index (κ2) is 7.32. The topological polar surface area (TPSA) is 59.4 Å². The Hall–Kier alpha value is -2.99. The number of carbonyl (C=O) groups is 1. The van der Waals surface area contributed by atoms with Gasteiger partial charge in [0.15, 0.2) is 0 Å². The molecule has 0 aliphatic carbocycles. The first kappa shape index (κ1) is 18.8. The molecule has 0 unspecified atom stereocenters. The molecule has 0 aliphatic rings. The van der Waals surface area contributed by atoms with Gasteiger partial charge in [0.2, 0.25) is 0 Å². The summed E-state index contributed by atoms with van der Waals surface area (Å²) in [6, 6.07) is 13.0. The third-order valence-electron chi connectivity index (χ3n) is 4.04. The van der Waals surface area contributed by atoms with Gasteiger partial charge in [0.25, 0.3) is 5.92 Å². The molecular formula is C20H14ClF2NO3. The fourth-order valence-corrected chi connectivity index (χ4v) is 2.85. The fourth-order valence-electron chi connectivity index (χ4n) is 2.66. The highest BCUT2D eigenvalue weighted by molar-refractivity contribution is 6.30. The molecule has 0 atom stereocenters. The number of hydrogen-bond acceptors (Lipinski definition) is 3. The Balaban J connectivity index is 2.08. The van der Waals surface area contributed by atoms with E-state index in [4.69, 9.17) is 21.4 Å². The number of carboxylic acid groups (broad SMARTS) is 1. The number of benzene rings is 2. The molecule has 1 aromatic heterocycles. The Morgan fingerprint density at radius 3 is 2.44 bits per heavy atom. The van der Waals surface area contributed by atoms with E-state index in [0.29, 0.717) is 21.9 Å². The van der Waals surface area contributed by atoms with Gasteiger partial charge in [-0.3, -0.25) is 0 Å². The summed E-state index contributed by atoms with van der Waals surface area (Å²) in [5.74, 6) is -4.22. The van der Waals surface area contributed by atoms with Crippen LogP contribution in [0.3, 0.4) is 0 Å². The van der Waals surface area contributed by atoms with Gasteiger partial charge in [0.1, 0.15) is 11.4 Å². The number of aromatic carboxylic acids is 1. The SMILES string of the molecule is COc1ccc(C(F)(F)c2ccc(C(=O)O)nc2)cc1-c1cccc(Cl)c1. The molecule has 4 nitrogen and oxygen atoms in total. The largest absolute Gasteiger partial charge is 0.496 e. The van der Waals surface area contributed by atoms with Crippen molar-refractivity contribution in [3.8, 4) is 16.9 Å². The molecule has 3 rings (SSSR count). The first-order valence-corrected chi connectivity index (χ1v) is 8.23. The lowest BCUT2D eigenvalue weighted by Crippen LogP contribution is -2.16. The van der Waals surface area contributed by atoms with Gasteiger partial charge in [0, 0.05) is 27.9 Å². The van der Waals surface area contributed by atoms with Gasteiger partial charge >= 0.3 is 5.97 Å². The third kappa shape index (κ3) is 3.75. The van der Waals surface area contributed by atoms with E-state index in [1.54, 1.807) is 24.3 Å². The van der Waals surface area contributed by atoms with E-state index in [1.165, 1.54) is 25.3 Å². The van der Waals surface area contributed by atoms with Crippen molar-refractivity contribution in [2.24, 2.45) is 0 Å². The molecular weight excluding hydrogens is 376 g/mol. The van der Waals surface area contributed by atoms with Crippen LogP contribution in [0.2, 0.25) is 5.02 Å². The standard InChI is InChI=1S/C20H14ClF2NO3/c1-27-18-8-6-13(10-16(18)12-3-2-4-15(21)9-12)20(22,23)14-5-7-17(19(25)26)24-11-14/h2-11H,1H3,(H,25,26). The molecule has 0 amide bonds. The van der Waals surface area contributed by atoms with E-state index in [2.05, 4.69) is 4.98 Å². The van der Waals surface area contributed by atoms with Crippen LogP contribution in [0.4, 0.5) is 8.78 Å². The van der Waals surface area contributed by atoms with E-state index in [0.717, 1.165) is 18.3 Å². The summed E-state index contributed by atoms with van der Waals surface area (Å²) in [4.78, 5) is 14.4. The maximum Gasteiger partial charge on any atom is 0.354 e. The van der Waals surface area contributed by atoms with E-state index < -0.39 is 17.5 Å². The van der Waals surface area contributed by atoms with Crippen LogP contribution in [0.1, 0.15) is 21.6 Å². The normalized spacial score (nSPS) is 11.3. The second-order valence-electron chi connectivity index (χ2n) is 5.74. The van der Waals surface area contributed by atoms with Gasteiger partial charge in [-0.05, 0) is 48.0 Å². The minimum absolute atomic E-state index is 0.275. The molecule has 0 aliphatic heterocycles. The maximum atomic E-state index is 15.0. The number of nitrogens with zero attached hydrogens (tertiary/aromatic N) is 1. The smallest absolute Gasteiger partial charge is 0.354 e. The average molecular weight is 390 g/mol. The Kier molecular flexibility index (Phi) is 5.10. The number of methoxy groups -OCH3 is 1. The molecule has 138 valence electrons. The van der Waals surface area contributed by atoms with Crippen LogP contribution in [-0.4, -0.2) is 23.2 Å². The van der Waals surface area contributed by atoms with E-state index in [9.17, 15) is 13.6 Å². The summed E-state index contributed by atoms with van der Waals surface area (Å²) in [6.07, 6.45) is 0.868. The average Bonchev–Trinajstić information content (AvgIpc) is 2.67. The first-order chi connectivity index (χ1) is 12.8. The van der Waals surface area contributed by atoms with Crippen molar-refractivity contribution in [3.05, 3.63) is 82.6 Å². The Morgan fingerprint density at radius 2 is 1.85 bits per heavy atom. The minimum atomic E-state index is -3.37. The molecule has 7 heteroatoms. The quantitative estimate of drug-likeness (QED) is 0.647. The molecule has 27 heavy (non-hydrogen) atoms. The number of pyridine rings is 1. The fraction of sp³-hybridized carbons (Fsp3) is 0.100. The third-order valence-corrected chi connectivity index (χ3v) is 4.28. The summed E-state index contributed by atoms with van der Waals surface area (Å²) in [5.41, 5.74) is 0.116.